The van der Waals surface area contributed by atoms with Gasteiger partial charge in [0.15, 0.2) is 9.84 Å². The van der Waals surface area contributed by atoms with Crippen LogP contribution in [0.15, 0.2) is 18.3 Å². The second kappa shape index (κ2) is 7.77. The first-order valence-electron chi connectivity index (χ1n) is 8.89. The number of rotatable bonds is 6. The van der Waals surface area contributed by atoms with E-state index in [0.717, 1.165) is 18.5 Å². The van der Waals surface area contributed by atoms with E-state index < -0.39 is 26.3 Å². The lowest BCUT2D eigenvalue weighted by Crippen LogP contribution is -2.31. The van der Waals surface area contributed by atoms with Gasteiger partial charge in [-0.3, -0.25) is 0 Å². The highest BCUT2D eigenvalue weighted by molar-refractivity contribution is 7.91. The molecule has 160 valence electrons. The molecule has 0 unspecified atom stereocenters. The zero-order valence-electron chi connectivity index (χ0n) is 16.9. The average Bonchev–Trinajstić information content (AvgIpc) is 2.60. The topological polar surface area (TPSA) is 102 Å². The van der Waals surface area contributed by atoms with Crippen LogP contribution in [0, 0.1) is 0 Å². The molecule has 11 heteroatoms. The third-order valence-corrected chi connectivity index (χ3v) is 6.87. The molecule has 2 rings (SSSR count). The number of aromatic nitrogens is 3. The number of pyridine rings is 1. The van der Waals surface area contributed by atoms with Gasteiger partial charge >= 0.3 is 6.18 Å². The van der Waals surface area contributed by atoms with E-state index in [1.54, 1.807) is 4.90 Å². The summed E-state index contributed by atoms with van der Waals surface area (Å²) in [6.45, 7) is 7.56. The van der Waals surface area contributed by atoms with Crippen molar-refractivity contribution in [2.75, 3.05) is 30.0 Å². The van der Waals surface area contributed by atoms with Gasteiger partial charge in [-0.25, -0.2) is 23.4 Å². The Balaban J connectivity index is 2.87. The maximum absolute atomic E-state index is 13.6. The monoisotopic (exact) mass is 431 g/mol. The third kappa shape index (κ3) is 4.60. The van der Waals surface area contributed by atoms with Crippen LogP contribution < -0.4 is 10.6 Å². The fourth-order valence-corrected chi connectivity index (χ4v) is 3.11. The van der Waals surface area contributed by atoms with Gasteiger partial charge in [-0.1, -0.05) is 0 Å². The molecule has 0 bridgehead atoms. The Morgan fingerprint density at radius 3 is 2.17 bits per heavy atom. The number of alkyl halides is 3. The van der Waals surface area contributed by atoms with Gasteiger partial charge in [0.2, 0.25) is 5.95 Å². The summed E-state index contributed by atoms with van der Waals surface area (Å²) in [5.41, 5.74) is 4.17. The predicted octanol–water partition coefficient (Wildman–Crippen LogP) is 3.27. The number of nitrogens with zero attached hydrogens (tertiary/aromatic N) is 4. The maximum atomic E-state index is 13.6. The molecule has 7 nitrogen and oxygen atoms in total. The van der Waals surface area contributed by atoms with Crippen LogP contribution in [-0.4, -0.2) is 42.7 Å². The first kappa shape index (κ1) is 22.9. The van der Waals surface area contributed by atoms with Crippen molar-refractivity contribution in [3.05, 3.63) is 29.6 Å². The Morgan fingerprint density at radius 2 is 1.69 bits per heavy atom. The van der Waals surface area contributed by atoms with Gasteiger partial charge < -0.3 is 10.6 Å². The first-order valence-corrected chi connectivity index (χ1v) is 10.8. The van der Waals surface area contributed by atoms with Gasteiger partial charge in [0.05, 0.1) is 17.0 Å². The molecule has 2 aromatic rings. The van der Waals surface area contributed by atoms with Crippen LogP contribution in [0.2, 0.25) is 0 Å². The van der Waals surface area contributed by atoms with Gasteiger partial charge in [0.25, 0.3) is 0 Å². The highest BCUT2D eigenvalue weighted by Crippen LogP contribution is 2.39. The number of hydrogen-bond donors (Lipinski definition) is 1. The number of hydrogen-bond acceptors (Lipinski definition) is 7. The summed E-state index contributed by atoms with van der Waals surface area (Å²) in [6.07, 6.45) is -2.65. The number of sulfone groups is 1. The van der Waals surface area contributed by atoms with E-state index >= 15 is 0 Å². The van der Waals surface area contributed by atoms with Crippen LogP contribution in [-0.2, 0) is 20.8 Å². The Bertz CT molecular complexity index is 1000. The van der Waals surface area contributed by atoms with Crippen LogP contribution in [0.3, 0.4) is 0 Å². The molecule has 0 aliphatic carbocycles. The first-order chi connectivity index (χ1) is 13.2. The molecule has 0 fully saturated rings. The van der Waals surface area contributed by atoms with Crippen molar-refractivity contribution >= 4 is 21.6 Å². The Hall–Kier alpha value is -2.43. The minimum Gasteiger partial charge on any atom is -0.384 e. The summed E-state index contributed by atoms with van der Waals surface area (Å²) in [5.74, 6) is -0.139. The molecule has 0 spiro atoms. The van der Waals surface area contributed by atoms with Crippen molar-refractivity contribution in [1.29, 1.82) is 0 Å². The number of anilines is 2. The number of nitrogens with two attached hydrogens (primary N) is 1. The van der Waals surface area contributed by atoms with E-state index in [0.29, 0.717) is 13.1 Å². The molecule has 0 aliphatic rings. The van der Waals surface area contributed by atoms with Crippen molar-refractivity contribution in [1.82, 2.24) is 15.0 Å². The number of nitrogen functional groups attached to an aromatic ring is 1. The van der Waals surface area contributed by atoms with Gasteiger partial charge in [-0.15, -0.1) is 0 Å². The second-order valence-corrected chi connectivity index (χ2v) is 9.61. The summed E-state index contributed by atoms with van der Waals surface area (Å²) in [4.78, 5) is 14.1. The molecular formula is C18H24F3N5O2S. The second-order valence-electron chi connectivity index (χ2n) is 7.05. The van der Waals surface area contributed by atoms with E-state index in [9.17, 15) is 21.6 Å². The van der Waals surface area contributed by atoms with Crippen LogP contribution in [0.4, 0.5) is 24.9 Å². The summed E-state index contributed by atoms with van der Waals surface area (Å²) in [6, 6.07) is 1.99. The molecular weight excluding hydrogens is 407 g/mol. The van der Waals surface area contributed by atoms with Crippen LogP contribution in [0.5, 0.6) is 0 Å². The van der Waals surface area contributed by atoms with E-state index in [4.69, 9.17) is 5.73 Å². The van der Waals surface area contributed by atoms with Crippen molar-refractivity contribution in [3.63, 3.8) is 0 Å². The van der Waals surface area contributed by atoms with E-state index in [1.165, 1.54) is 19.9 Å². The highest BCUT2D eigenvalue weighted by Gasteiger charge is 2.37. The Kier molecular flexibility index (Phi) is 6.12. The van der Waals surface area contributed by atoms with Gasteiger partial charge in [0.1, 0.15) is 10.6 Å². The quantitative estimate of drug-likeness (QED) is 0.749. The van der Waals surface area contributed by atoms with E-state index in [1.807, 2.05) is 13.8 Å². The molecule has 0 saturated carbocycles. The van der Waals surface area contributed by atoms with Gasteiger partial charge in [-0.05, 0) is 39.8 Å². The molecule has 2 aromatic heterocycles. The minimum absolute atomic E-state index is 0.0755. The van der Waals surface area contributed by atoms with Crippen LogP contribution >= 0.6 is 0 Å². The van der Waals surface area contributed by atoms with Gasteiger partial charge in [-0.2, -0.15) is 13.2 Å². The zero-order valence-corrected chi connectivity index (χ0v) is 17.7. The molecule has 0 amide bonds. The lowest BCUT2D eigenvalue weighted by atomic mass is 10.0. The predicted molar refractivity (Wildman–Crippen MR) is 106 cm³/mol. The molecule has 0 radical (unpaired) electrons. The molecule has 2 N–H and O–H groups in total. The standard InChI is InChI=1S/C18H24F3N5O2S/c1-6-26(7-2)16-24-13(9-14(25-16)17(3,4)29(5,27)28)11-10-23-15(22)8-12(11)18(19,20)21/h8-10H,6-7H2,1-5H3,(H2,22,23). The largest absolute Gasteiger partial charge is 0.417 e. The van der Waals surface area contributed by atoms with Crippen LogP contribution in [0.25, 0.3) is 11.3 Å². The van der Waals surface area contributed by atoms with Gasteiger partial charge in [0, 0.05) is 31.1 Å². The molecule has 2 heterocycles. The molecule has 0 aliphatic heterocycles. The summed E-state index contributed by atoms with van der Waals surface area (Å²) in [7, 11) is -3.62. The summed E-state index contributed by atoms with van der Waals surface area (Å²) in [5, 5.41) is 0. The lowest BCUT2D eigenvalue weighted by molar-refractivity contribution is -0.137. The zero-order chi connectivity index (χ0) is 22.2. The lowest BCUT2D eigenvalue weighted by Gasteiger charge is -2.26. The average molecular weight is 431 g/mol. The molecule has 0 atom stereocenters. The van der Waals surface area contributed by atoms with Crippen molar-refractivity contribution in [2.45, 2.75) is 38.6 Å². The highest BCUT2D eigenvalue weighted by atomic mass is 32.2. The van der Waals surface area contributed by atoms with Crippen molar-refractivity contribution in [3.8, 4) is 11.3 Å². The SMILES string of the molecule is CCN(CC)c1nc(-c2cnc(N)cc2C(F)(F)F)cc(C(C)(C)S(C)(=O)=O)n1. The summed E-state index contributed by atoms with van der Waals surface area (Å²) < 4.78 is 64.0. The smallest absolute Gasteiger partial charge is 0.384 e. The van der Waals surface area contributed by atoms with Crippen molar-refractivity contribution in [2.24, 2.45) is 0 Å². The summed E-state index contributed by atoms with van der Waals surface area (Å²) >= 11 is 0. The van der Waals surface area contributed by atoms with Crippen molar-refractivity contribution < 1.29 is 21.6 Å². The maximum Gasteiger partial charge on any atom is 0.417 e. The molecule has 0 aromatic carbocycles. The molecule has 0 saturated heterocycles. The van der Waals surface area contributed by atoms with Crippen LogP contribution in [0.1, 0.15) is 39.0 Å². The molecule has 29 heavy (non-hydrogen) atoms. The Morgan fingerprint density at radius 1 is 1.10 bits per heavy atom. The third-order valence-electron chi connectivity index (χ3n) is 4.81. The fraction of sp³-hybridized carbons (Fsp3) is 0.500. The van der Waals surface area contributed by atoms with E-state index in [2.05, 4.69) is 15.0 Å². The Labute approximate surface area is 168 Å². The fourth-order valence-electron chi connectivity index (χ4n) is 2.63. The normalized spacial score (nSPS) is 12.8. The number of halogens is 3. The van der Waals surface area contributed by atoms with E-state index in [-0.39, 0.29) is 28.7 Å². The minimum atomic E-state index is -4.70.